The van der Waals surface area contributed by atoms with Crippen LogP contribution in [-0.4, -0.2) is 17.6 Å². The SMILES string of the molecule is CCOC(=O)[C@H]1C[C@@H]1c1nc2ccccc2s1. The van der Waals surface area contributed by atoms with Gasteiger partial charge in [0.15, 0.2) is 0 Å². The molecular weight excluding hydrogens is 234 g/mol. The number of fused-ring (bicyclic) bond motifs is 1. The van der Waals surface area contributed by atoms with Gasteiger partial charge < -0.3 is 4.74 Å². The lowest BCUT2D eigenvalue weighted by Crippen LogP contribution is -2.07. The molecule has 2 aromatic rings. The van der Waals surface area contributed by atoms with Gasteiger partial charge in [-0.3, -0.25) is 4.79 Å². The standard InChI is InChI=1S/C13H13NO2S/c1-2-16-13(15)9-7-8(9)12-14-10-5-3-4-6-11(10)17-12/h3-6,8-9H,2,7H2,1H3/t8-,9-/m0/s1. The minimum Gasteiger partial charge on any atom is -0.466 e. The third-order valence-electron chi connectivity index (χ3n) is 3.01. The molecule has 1 saturated carbocycles. The molecule has 1 aromatic heterocycles. The summed E-state index contributed by atoms with van der Waals surface area (Å²) in [4.78, 5) is 16.1. The van der Waals surface area contributed by atoms with Gasteiger partial charge in [0, 0.05) is 5.92 Å². The van der Waals surface area contributed by atoms with Crippen LogP contribution in [0.3, 0.4) is 0 Å². The molecule has 0 radical (unpaired) electrons. The van der Waals surface area contributed by atoms with E-state index in [1.165, 1.54) is 4.70 Å². The maximum absolute atomic E-state index is 11.6. The number of aromatic nitrogens is 1. The number of para-hydroxylation sites is 1. The Morgan fingerprint density at radius 2 is 2.35 bits per heavy atom. The predicted octanol–water partition coefficient (Wildman–Crippen LogP) is 2.96. The summed E-state index contributed by atoms with van der Waals surface area (Å²) < 4.78 is 6.22. The number of ether oxygens (including phenoxy) is 1. The number of carbonyl (C=O) groups excluding carboxylic acids is 1. The first-order valence-electron chi connectivity index (χ1n) is 5.81. The lowest BCUT2D eigenvalue weighted by molar-refractivity contribution is -0.144. The maximum Gasteiger partial charge on any atom is 0.309 e. The molecule has 0 saturated heterocycles. The van der Waals surface area contributed by atoms with Crippen molar-refractivity contribution in [2.75, 3.05) is 6.61 Å². The summed E-state index contributed by atoms with van der Waals surface area (Å²) >= 11 is 1.69. The van der Waals surface area contributed by atoms with E-state index >= 15 is 0 Å². The van der Waals surface area contributed by atoms with E-state index in [0.29, 0.717) is 6.61 Å². The van der Waals surface area contributed by atoms with Gasteiger partial charge in [-0.05, 0) is 25.5 Å². The zero-order valence-corrected chi connectivity index (χ0v) is 10.4. The number of hydrogen-bond donors (Lipinski definition) is 0. The minimum atomic E-state index is -0.0724. The Morgan fingerprint density at radius 3 is 3.12 bits per heavy atom. The summed E-state index contributed by atoms with van der Waals surface area (Å²) in [6.07, 6.45) is 0.888. The smallest absolute Gasteiger partial charge is 0.309 e. The molecule has 2 atom stereocenters. The Kier molecular flexibility index (Phi) is 2.59. The Bertz CT molecular complexity index is 530. The summed E-state index contributed by atoms with van der Waals surface area (Å²) in [6, 6.07) is 8.08. The largest absolute Gasteiger partial charge is 0.466 e. The average Bonchev–Trinajstić information content (AvgIpc) is 3.02. The normalized spacial score (nSPS) is 22.6. The van der Waals surface area contributed by atoms with Gasteiger partial charge >= 0.3 is 5.97 Å². The third-order valence-corrected chi connectivity index (χ3v) is 4.18. The van der Waals surface area contributed by atoms with Crippen molar-refractivity contribution in [2.24, 2.45) is 5.92 Å². The van der Waals surface area contributed by atoms with Crippen LogP contribution >= 0.6 is 11.3 Å². The molecule has 0 spiro atoms. The molecule has 1 aromatic carbocycles. The van der Waals surface area contributed by atoms with Crippen LogP contribution in [-0.2, 0) is 9.53 Å². The van der Waals surface area contributed by atoms with E-state index in [-0.39, 0.29) is 17.8 Å². The van der Waals surface area contributed by atoms with Gasteiger partial charge in [0.25, 0.3) is 0 Å². The molecule has 1 heterocycles. The first-order chi connectivity index (χ1) is 8.29. The Morgan fingerprint density at radius 1 is 1.53 bits per heavy atom. The van der Waals surface area contributed by atoms with E-state index in [9.17, 15) is 4.79 Å². The summed E-state index contributed by atoms with van der Waals surface area (Å²) in [5, 5.41) is 1.07. The van der Waals surface area contributed by atoms with E-state index in [1.54, 1.807) is 11.3 Å². The van der Waals surface area contributed by atoms with Crippen LogP contribution in [0.15, 0.2) is 24.3 Å². The number of rotatable bonds is 3. The van der Waals surface area contributed by atoms with Crippen LogP contribution in [0.25, 0.3) is 10.2 Å². The molecule has 3 nitrogen and oxygen atoms in total. The number of nitrogens with zero attached hydrogens (tertiary/aromatic N) is 1. The number of benzene rings is 1. The molecule has 4 heteroatoms. The molecule has 0 amide bonds. The Balaban J connectivity index is 1.80. The third kappa shape index (κ3) is 1.93. The number of thiazole rings is 1. The Labute approximate surface area is 103 Å². The van der Waals surface area contributed by atoms with Crippen molar-refractivity contribution in [3.05, 3.63) is 29.3 Å². The van der Waals surface area contributed by atoms with E-state index < -0.39 is 0 Å². The zero-order chi connectivity index (χ0) is 11.8. The Hall–Kier alpha value is -1.42. The molecule has 0 N–H and O–H groups in total. The van der Waals surface area contributed by atoms with Gasteiger partial charge in [-0.2, -0.15) is 0 Å². The quantitative estimate of drug-likeness (QED) is 0.783. The molecule has 17 heavy (non-hydrogen) atoms. The van der Waals surface area contributed by atoms with Crippen molar-refractivity contribution in [2.45, 2.75) is 19.3 Å². The van der Waals surface area contributed by atoms with Crippen LogP contribution in [0.4, 0.5) is 0 Å². The predicted molar refractivity (Wildman–Crippen MR) is 67.1 cm³/mol. The van der Waals surface area contributed by atoms with Crippen molar-refractivity contribution in [1.29, 1.82) is 0 Å². The molecule has 0 unspecified atom stereocenters. The summed E-state index contributed by atoms with van der Waals surface area (Å²) in [7, 11) is 0. The van der Waals surface area contributed by atoms with E-state index in [1.807, 2.05) is 25.1 Å². The van der Waals surface area contributed by atoms with Crippen LogP contribution in [0.2, 0.25) is 0 Å². The first-order valence-corrected chi connectivity index (χ1v) is 6.63. The lowest BCUT2D eigenvalue weighted by Gasteiger charge is -1.98. The molecule has 3 rings (SSSR count). The fraction of sp³-hybridized carbons (Fsp3) is 0.385. The van der Waals surface area contributed by atoms with Crippen molar-refractivity contribution >= 4 is 27.5 Å². The highest BCUT2D eigenvalue weighted by Gasteiger charge is 2.47. The van der Waals surface area contributed by atoms with Crippen LogP contribution in [0.5, 0.6) is 0 Å². The van der Waals surface area contributed by atoms with Crippen molar-refractivity contribution in [3.8, 4) is 0 Å². The second kappa shape index (κ2) is 4.11. The van der Waals surface area contributed by atoms with Crippen LogP contribution < -0.4 is 0 Å². The molecule has 88 valence electrons. The fourth-order valence-electron chi connectivity index (χ4n) is 2.03. The van der Waals surface area contributed by atoms with E-state index in [2.05, 4.69) is 11.1 Å². The highest BCUT2D eigenvalue weighted by molar-refractivity contribution is 7.18. The molecule has 0 aliphatic heterocycles. The van der Waals surface area contributed by atoms with E-state index in [4.69, 9.17) is 4.74 Å². The topological polar surface area (TPSA) is 39.2 Å². The monoisotopic (exact) mass is 247 g/mol. The molecule has 1 fully saturated rings. The number of esters is 1. The second-order valence-electron chi connectivity index (χ2n) is 4.22. The number of hydrogen-bond acceptors (Lipinski definition) is 4. The van der Waals surface area contributed by atoms with E-state index in [0.717, 1.165) is 16.9 Å². The summed E-state index contributed by atoms with van der Waals surface area (Å²) in [5.41, 5.74) is 1.03. The van der Waals surface area contributed by atoms with Gasteiger partial charge in [0.05, 0.1) is 27.7 Å². The molecule has 0 bridgehead atoms. The number of carbonyl (C=O) groups is 1. The van der Waals surface area contributed by atoms with Crippen molar-refractivity contribution in [3.63, 3.8) is 0 Å². The van der Waals surface area contributed by atoms with Crippen LogP contribution in [0, 0.1) is 5.92 Å². The average molecular weight is 247 g/mol. The van der Waals surface area contributed by atoms with Gasteiger partial charge in [0.1, 0.15) is 0 Å². The lowest BCUT2D eigenvalue weighted by atomic mass is 10.3. The fourth-order valence-corrected chi connectivity index (χ4v) is 3.17. The minimum absolute atomic E-state index is 0.0375. The summed E-state index contributed by atoms with van der Waals surface area (Å²) in [5.74, 6) is 0.249. The van der Waals surface area contributed by atoms with Gasteiger partial charge in [-0.15, -0.1) is 11.3 Å². The van der Waals surface area contributed by atoms with Gasteiger partial charge in [-0.1, -0.05) is 12.1 Å². The molecule has 1 aliphatic carbocycles. The van der Waals surface area contributed by atoms with Gasteiger partial charge in [-0.25, -0.2) is 4.98 Å². The highest BCUT2D eigenvalue weighted by Crippen LogP contribution is 2.50. The second-order valence-corrected chi connectivity index (χ2v) is 5.28. The highest BCUT2D eigenvalue weighted by atomic mass is 32.1. The molecular formula is C13H13NO2S. The van der Waals surface area contributed by atoms with Crippen molar-refractivity contribution in [1.82, 2.24) is 4.98 Å². The first kappa shape index (κ1) is 10.7. The van der Waals surface area contributed by atoms with Crippen LogP contribution in [0.1, 0.15) is 24.3 Å². The van der Waals surface area contributed by atoms with Crippen molar-refractivity contribution < 1.29 is 9.53 Å². The maximum atomic E-state index is 11.6. The zero-order valence-electron chi connectivity index (χ0n) is 9.55. The summed E-state index contributed by atoms with van der Waals surface area (Å²) in [6.45, 7) is 2.30. The van der Waals surface area contributed by atoms with Gasteiger partial charge in [0.2, 0.25) is 0 Å². The molecule has 1 aliphatic rings.